The summed E-state index contributed by atoms with van der Waals surface area (Å²) in [6.45, 7) is 1.82. The lowest BCUT2D eigenvalue weighted by Gasteiger charge is -2.13. The SMILES string of the molecule is Cc1ccc(C(O)COc2ccc(C#N)cc2[N+](=O)[O-])cc1. The van der Waals surface area contributed by atoms with Crippen molar-refractivity contribution in [3.63, 3.8) is 0 Å². The van der Waals surface area contributed by atoms with Crippen molar-refractivity contribution in [1.82, 2.24) is 0 Å². The van der Waals surface area contributed by atoms with Crippen LogP contribution >= 0.6 is 0 Å². The number of ether oxygens (including phenoxy) is 1. The summed E-state index contributed by atoms with van der Waals surface area (Å²) in [5.74, 6) is 0.0233. The first-order valence-electron chi connectivity index (χ1n) is 6.57. The molecule has 22 heavy (non-hydrogen) atoms. The molecule has 1 N–H and O–H groups in total. The summed E-state index contributed by atoms with van der Waals surface area (Å²) in [6, 6.07) is 13.0. The number of aryl methyl sites for hydroxylation is 1. The number of hydrogen-bond donors (Lipinski definition) is 1. The number of benzene rings is 2. The molecule has 6 heteroatoms. The van der Waals surface area contributed by atoms with Crippen molar-refractivity contribution in [1.29, 1.82) is 5.26 Å². The van der Waals surface area contributed by atoms with Gasteiger partial charge in [-0.25, -0.2) is 0 Å². The molecular formula is C16H14N2O4. The molecule has 2 rings (SSSR count). The zero-order chi connectivity index (χ0) is 16.1. The van der Waals surface area contributed by atoms with Gasteiger partial charge in [0.05, 0.1) is 16.6 Å². The molecule has 6 nitrogen and oxygen atoms in total. The molecule has 0 aromatic heterocycles. The maximum absolute atomic E-state index is 11.0. The van der Waals surface area contributed by atoms with Crippen LogP contribution in [0.4, 0.5) is 5.69 Å². The molecule has 0 fully saturated rings. The van der Waals surface area contributed by atoms with Gasteiger partial charge in [0.25, 0.3) is 0 Å². The molecular weight excluding hydrogens is 284 g/mol. The molecule has 0 bridgehead atoms. The van der Waals surface area contributed by atoms with E-state index in [1.54, 1.807) is 12.1 Å². The van der Waals surface area contributed by atoms with Crippen LogP contribution in [0.15, 0.2) is 42.5 Å². The van der Waals surface area contributed by atoms with Crippen molar-refractivity contribution < 1.29 is 14.8 Å². The van der Waals surface area contributed by atoms with E-state index in [4.69, 9.17) is 10.00 Å². The van der Waals surface area contributed by atoms with Crippen LogP contribution in [-0.4, -0.2) is 16.6 Å². The lowest BCUT2D eigenvalue weighted by Crippen LogP contribution is -2.10. The Labute approximate surface area is 127 Å². The summed E-state index contributed by atoms with van der Waals surface area (Å²) in [4.78, 5) is 10.4. The Bertz CT molecular complexity index is 720. The first-order chi connectivity index (χ1) is 10.5. The van der Waals surface area contributed by atoms with Crippen molar-refractivity contribution >= 4 is 5.69 Å². The van der Waals surface area contributed by atoms with Crippen molar-refractivity contribution in [2.75, 3.05) is 6.61 Å². The molecule has 0 saturated heterocycles. The maximum atomic E-state index is 11.0. The van der Waals surface area contributed by atoms with Crippen LogP contribution in [0.2, 0.25) is 0 Å². The largest absolute Gasteiger partial charge is 0.484 e. The van der Waals surface area contributed by atoms with E-state index in [9.17, 15) is 15.2 Å². The predicted octanol–water partition coefficient (Wildman–Crippen LogP) is 2.89. The minimum Gasteiger partial charge on any atom is -0.484 e. The molecule has 2 aromatic rings. The Kier molecular flexibility index (Phi) is 4.71. The maximum Gasteiger partial charge on any atom is 0.312 e. The van der Waals surface area contributed by atoms with E-state index >= 15 is 0 Å². The summed E-state index contributed by atoms with van der Waals surface area (Å²) >= 11 is 0. The fourth-order valence-corrected chi connectivity index (χ4v) is 1.91. The first-order valence-corrected chi connectivity index (χ1v) is 6.57. The Balaban J connectivity index is 2.12. The number of aliphatic hydroxyl groups is 1. The van der Waals surface area contributed by atoms with Crippen LogP contribution in [0.3, 0.4) is 0 Å². The van der Waals surface area contributed by atoms with Crippen molar-refractivity contribution in [2.45, 2.75) is 13.0 Å². The summed E-state index contributed by atoms with van der Waals surface area (Å²) in [5.41, 5.74) is 1.62. The second-order valence-corrected chi connectivity index (χ2v) is 4.79. The summed E-state index contributed by atoms with van der Waals surface area (Å²) in [7, 11) is 0. The lowest BCUT2D eigenvalue weighted by atomic mass is 10.1. The molecule has 1 unspecified atom stereocenters. The number of nitrogens with zero attached hydrogens (tertiary/aromatic N) is 2. The van der Waals surface area contributed by atoms with Gasteiger partial charge < -0.3 is 9.84 Å². The van der Waals surface area contributed by atoms with Crippen LogP contribution in [0, 0.1) is 28.4 Å². The Hall–Kier alpha value is -2.91. The molecule has 0 aliphatic heterocycles. The van der Waals surface area contributed by atoms with Gasteiger partial charge in [0, 0.05) is 6.07 Å². The van der Waals surface area contributed by atoms with Gasteiger partial charge in [-0.3, -0.25) is 10.1 Å². The number of nitro groups is 1. The van der Waals surface area contributed by atoms with Crippen molar-refractivity contribution in [2.24, 2.45) is 0 Å². The van der Waals surface area contributed by atoms with E-state index in [2.05, 4.69) is 0 Å². The third-order valence-corrected chi connectivity index (χ3v) is 3.14. The third-order valence-electron chi connectivity index (χ3n) is 3.14. The van der Waals surface area contributed by atoms with Gasteiger partial charge >= 0.3 is 5.69 Å². The highest BCUT2D eigenvalue weighted by atomic mass is 16.6. The van der Waals surface area contributed by atoms with Gasteiger partial charge in [-0.15, -0.1) is 0 Å². The first kappa shape index (κ1) is 15.5. The normalized spacial score (nSPS) is 11.5. The monoisotopic (exact) mass is 298 g/mol. The van der Waals surface area contributed by atoms with E-state index in [0.717, 1.165) is 11.6 Å². The molecule has 0 radical (unpaired) electrons. The molecule has 0 saturated carbocycles. The highest BCUT2D eigenvalue weighted by molar-refractivity contribution is 5.51. The quantitative estimate of drug-likeness (QED) is 0.676. The van der Waals surface area contributed by atoms with Gasteiger partial charge in [0.15, 0.2) is 5.75 Å². The second-order valence-electron chi connectivity index (χ2n) is 4.79. The highest BCUT2D eigenvalue weighted by Crippen LogP contribution is 2.28. The van der Waals surface area contributed by atoms with E-state index in [0.29, 0.717) is 5.56 Å². The minimum atomic E-state index is -0.893. The smallest absolute Gasteiger partial charge is 0.312 e. The van der Waals surface area contributed by atoms with Gasteiger partial charge in [-0.1, -0.05) is 29.8 Å². The Morgan fingerprint density at radius 1 is 1.32 bits per heavy atom. The standard InChI is InChI=1S/C16H14N2O4/c1-11-2-5-13(6-3-11)15(19)10-22-16-7-4-12(9-17)8-14(16)18(20)21/h2-8,15,19H,10H2,1H3. The third kappa shape index (κ3) is 3.59. The molecule has 0 amide bonds. The molecule has 0 spiro atoms. The van der Waals surface area contributed by atoms with Crippen LogP contribution in [-0.2, 0) is 0 Å². The average Bonchev–Trinajstić information content (AvgIpc) is 2.53. The molecule has 1 atom stereocenters. The van der Waals surface area contributed by atoms with Gasteiger partial charge in [-0.05, 0) is 24.6 Å². The lowest BCUT2D eigenvalue weighted by molar-refractivity contribution is -0.386. The molecule has 2 aromatic carbocycles. The predicted molar refractivity (Wildman–Crippen MR) is 79.4 cm³/mol. The van der Waals surface area contributed by atoms with Crippen LogP contribution < -0.4 is 4.74 Å². The van der Waals surface area contributed by atoms with Crippen LogP contribution in [0.25, 0.3) is 0 Å². The van der Waals surface area contributed by atoms with E-state index < -0.39 is 11.0 Å². The summed E-state index contributed by atoms with van der Waals surface area (Å²) < 4.78 is 5.34. The molecule has 0 aliphatic carbocycles. The topological polar surface area (TPSA) is 96.4 Å². The summed E-state index contributed by atoms with van der Waals surface area (Å²) in [6.07, 6.45) is -0.893. The van der Waals surface area contributed by atoms with Crippen molar-refractivity contribution in [3.8, 4) is 11.8 Å². The van der Waals surface area contributed by atoms with E-state index in [1.807, 2.05) is 25.1 Å². The van der Waals surface area contributed by atoms with Gasteiger partial charge in [0.2, 0.25) is 0 Å². The van der Waals surface area contributed by atoms with Crippen LogP contribution in [0.1, 0.15) is 22.8 Å². The van der Waals surface area contributed by atoms with E-state index in [-0.39, 0.29) is 23.6 Å². The van der Waals surface area contributed by atoms with Crippen molar-refractivity contribution in [3.05, 3.63) is 69.3 Å². The minimum absolute atomic E-state index is 0.0233. The number of nitro benzene ring substituents is 1. The fourth-order valence-electron chi connectivity index (χ4n) is 1.91. The van der Waals surface area contributed by atoms with Gasteiger partial charge in [0.1, 0.15) is 12.7 Å². The molecule has 112 valence electrons. The zero-order valence-electron chi connectivity index (χ0n) is 11.9. The molecule has 0 heterocycles. The number of aliphatic hydroxyl groups excluding tert-OH is 1. The second kappa shape index (κ2) is 6.70. The highest BCUT2D eigenvalue weighted by Gasteiger charge is 2.18. The van der Waals surface area contributed by atoms with E-state index in [1.165, 1.54) is 12.1 Å². The Morgan fingerprint density at radius 2 is 2.00 bits per heavy atom. The fraction of sp³-hybridized carbons (Fsp3) is 0.188. The summed E-state index contributed by atoms with van der Waals surface area (Å²) in [5, 5.41) is 29.8. The molecule has 0 aliphatic rings. The zero-order valence-corrected chi connectivity index (χ0v) is 11.9. The number of nitriles is 1. The number of rotatable bonds is 5. The van der Waals surface area contributed by atoms with Gasteiger partial charge in [-0.2, -0.15) is 5.26 Å². The average molecular weight is 298 g/mol. The number of hydrogen-bond acceptors (Lipinski definition) is 5. The Morgan fingerprint density at radius 3 is 2.59 bits per heavy atom. The van der Waals surface area contributed by atoms with Crippen LogP contribution in [0.5, 0.6) is 5.75 Å².